The molecule has 2 heterocycles. The van der Waals surface area contributed by atoms with Crippen LogP contribution < -0.4 is 5.32 Å². The predicted molar refractivity (Wildman–Crippen MR) is 60.4 cm³/mol. The molecule has 0 aromatic heterocycles. The number of likely N-dealkylation sites (tertiary alicyclic amines) is 1. The van der Waals surface area contributed by atoms with E-state index < -0.39 is 0 Å². The Hall–Kier alpha value is -0.0800. The fourth-order valence-corrected chi connectivity index (χ4v) is 2.98. The predicted octanol–water partition coefficient (Wildman–Crippen LogP) is 1.72. The molecule has 2 saturated heterocycles. The first-order valence-electron chi connectivity index (χ1n) is 6.16. The zero-order chi connectivity index (χ0) is 9.97. The second kappa shape index (κ2) is 4.63. The van der Waals surface area contributed by atoms with E-state index in [1.165, 1.54) is 45.3 Å². The Morgan fingerprint density at radius 2 is 1.93 bits per heavy atom. The number of nitrogens with zero attached hydrogens (tertiary/aromatic N) is 1. The van der Waals surface area contributed by atoms with Crippen LogP contribution in [0.2, 0.25) is 0 Å². The lowest BCUT2D eigenvalue weighted by atomic mass is 9.86. The maximum absolute atomic E-state index is 3.56. The lowest BCUT2D eigenvalue weighted by Crippen LogP contribution is -2.31. The molecule has 2 unspecified atom stereocenters. The van der Waals surface area contributed by atoms with Gasteiger partial charge in [0.2, 0.25) is 0 Å². The summed E-state index contributed by atoms with van der Waals surface area (Å²) in [6.45, 7) is 6.23. The van der Waals surface area contributed by atoms with Gasteiger partial charge in [0.25, 0.3) is 0 Å². The molecule has 2 nitrogen and oxygen atoms in total. The van der Waals surface area contributed by atoms with Gasteiger partial charge in [-0.05, 0) is 71.1 Å². The van der Waals surface area contributed by atoms with E-state index in [9.17, 15) is 0 Å². The third-order valence-corrected chi connectivity index (χ3v) is 3.95. The average Bonchev–Trinajstić information content (AvgIpc) is 2.56. The van der Waals surface area contributed by atoms with E-state index in [0.29, 0.717) is 0 Å². The highest BCUT2D eigenvalue weighted by atomic mass is 15.1. The first kappa shape index (κ1) is 10.4. The lowest BCUT2D eigenvalue weighted by molar-refractivity contribution is 0.197. The Balaban J connectivity index is 1.70. The van der Waals surface area contributed by atoms with Crippen molar-refractivity contribution in [2.45, 2.75) is 38.6 Å². The van der Waals surface area contributed by atoms with Crippen LogP contribution in [0.25, 0.3) is 0 Å². The summed E-state index contributed by atoms with van der Waals surface area (Å²) >= 11 is 0. The van der Waals surface area contributed by atoms with Crippen LogP contribution in [0, 0.1) is 11.8 Å². The van der Waals surface area contributed by atoms with E-state index in [0.717, 1.165) is 17.9 Å². The van der Waals surface area contributed by atoms with Gasteiger partial charge < -0.3 is 10.2 Å². The summed E-state index contributed by atoms with van der Waals surface area (Å²) in [5.41, 5.74) is 0. The number of hydrogen-bond acceptors (Lipinski definition) is 2. The summed E-state index contributed by atoms with van der Waals surface area (Å²) in [5.74, 6) is 1.99. The quantitative estimate of drug-likeness (QED) is 0.723. The summed E-state index contributed by atoms with van der Waals surface area (Å²) < 4.78 is 0. The highest BCUT2D eigenvalue weighted by molar-refractivity contribution is 4.81. The van der Waals surface area contributed by atoms with Crippen molar-refractivity contribution in [1.29, 1.82) is 0 Å². The first-order valence-corrected chi connectivity index (χ1v) is 6.16. The zero-order valence-corrected chi connectivity index (χ0v) is 9.63. The Kier molecular flexibility index (Phi) is 3.45. The van der Waals surface area contributed by atoms with Crippen LogP contribution in [0.3, 0.4) is 0 Å². The van der Waals surface area contributed by atoms with Gasteiger partial charge in [-0.15, -0.1) is 0 Å². The van der Waals surface area contributed by atoms with Gasteiger partial charge in [-0.2, -0.15) is 0 Å². The van der Waals surface area contributed by atoms with Gasteiger partial charge >= 0.3 is 0 Å². The highest BCUT2D eigenvalue weighted by Crippen LogP contribution is 2.27. The minimum absolute atomic E-state index is 0.770. The standard InChI is InChI=1S/C12H24N2/c1-10-7-12(9-13-10)8-11-3-5-14(2)6-4-11/h10-13H,3-9H2,1-2H3. The Labute approximate surface area is 88.1 Å². The van der Waals surface area contributed by atoms with Gasteiger partial charge in [0.15, 0.2) is 0 Å². The molecule has 14 heavy (non-hydrogen) atoms. The van der Waals surface area contributed by atoms with E-state index >= 15 is 0 Å². The molecule has 0 aromatic rings. The molecule has 0 spiro atoms. The molecule has 0 aromatic carbocycles. The van der Waals surface area contributed by atoms with Gasteiger partial charge in [0, 0.05) is 6.04 Å². The van der Waals surface area contributed by atoms with E-state index in [1.807, 2.05) is 0 Å². The smallest absolute Gasteiger partial charge is 0.00419 e. The molecule has 0 amide bonds. The fraction of sp³-hybridized carbons (Fsp3) is 1.00. The minimum atomic E-state index is 0.770. The molecular formula is C12H24N2. The Morgan fingerprint density at radius 3 is 2.50 bits per heavy atom. The van der Waals surface area contributed by atoms with Crippen molar-refractivity contribution in [2.24, 2.45) is 11.8 Å². The van der Waals surface area contributed by atoms with Gasteiger partial charge in [-0.3, -0.25) is 0 Å². The first-order chi connectivity index (χ1) is 6.74. The molecule has 2 atom stereocenters. The SMILES string of the molecule is CC1CC(CC2CCN(C)CC2)CN1. The normalized spacial score (nSPS) is 36.4. The lowest BCUT2D eigenvalue weighted by Gasteiger charge is -2.30. The minimum Gasteiger partial charge on any atom is -0.314 e. The van der Waals surface area contributed by atoms with E-state index in [4.69, 9.17) is 0 Å². The van der Waals surface area contributed by atoms with Crippen LogP contribution in [0.5, 0.6) is 0 Å². The molecule has 82 valence electrons. The maximum atomic E-state index is 3.56. The van der Waals surface area contributed by atoms with E-state index in [2.05, 4.69) is 24.2 Å². The topological polar surface area (TPSA) is 15.3 Å². The van der Waals surface area contributed by atoms with Crippen molar-refractivity contribution in [2.75, 3.05) is 26.7 Å². The number of rotatable bonds is 2. The summed E-state index contributed by atoms with van der Waals surface area (Å²) in [6, 6.07) is 0.770. The van der Waals surface area contributed by atoms with Gasteiger partial charge in [0.05, 0.1) is 0 Å². The molecular weight excluding hydrogens is 172 g/mol. The molecule has 2 aliphatic heterocycles. The molecule has 0 saturated carbocycles. The third kappa shape index (κ3) is 2.71. The van der Waals surface area contributed by atoms with Crippen molar-refractivity contribution in [3.63, 3.8) is 0 Å². The fourth-order valence-electron chi connectivity index (χ4n) is 2.98. The second-order valence-corrected chi connectivity index (χ2v) is 5.39. The van der Waals surface area contributed by atoms with Gasteiger partial charge in [-0.25, -0.2) is 0 Å². The molecule has 2 heteroatoms. The summed E-state index contributed by atoms with van der Waals surface area (Å²) in [4.78, 5) is 2.46. The average molecular weight is 196 g/mol. The highest BCUT2D eigenvalue weighted by Gasteiger charge is 2.25. The summed E-state index contributed by atoms with van der Waals surface area (Å²) in [6.07, 6.45) is 5.75. The second-order valence-electron chi connectivity index (χ2n) is 5.39. The largest absolute Gasteiger partial charge is 0.314 e. The molecule has 2 rings (SSSR count). The van der Waals surface area contributed by atoms with E-state index in [1.54, 1.807) is 0 Å². The van der Waals surface area contributed by atoms with Crippen molar-refractivity contribution in [3.8, 4) is 0 Å². The third-order valence-electron chi connectivity index (χ3n) is 3.95. The molecule has 2 fully saturated rings. The Morgan fingerprint density at radius 1 is 1.21 bits per heavy atom. The Bertz CT molecular complexity index is 173. The molecule has 1 N–H and O–H groups in total. The van der Waals surface area contributed by atoms with Crippen LogP contribution in [0.15, 0.2) is 0 Å². The van der Waals surface area contributed by atoms with Crippen molar-refractivity contribution < 1.29 is 0 Å². The van der Waals surface area contributed by atoms with Crippen molar-refractivity contribution in [3.05, 3.63) is 0 Å². The van der Waals surface area contributed by atoms with Gasteiger partial charge in [-0.1, -0.05) is 0 Å². The van der Waals surface area contributed by atoms with Gasteiger partial charge in [0.1, 0.15) is 0 Å². The number of hydrogen-bond donors (Lipinski definition) is 1. The number of piperidine rings is 1. The molecule has 0 radical (unpaired) electrons. The van der Waals surface area contributed by atoms with Crippen LogP contribution in [0.4, 0.5) is 0 Å². The van der Waals surface area contributed by atoms with Crippen molar-refractivity contribution >= 4 is 0 Å². The van der Waals surface area contributed by atoms with Crippen molar-refractivity contribution in [1.82, 2.24) is 10.2 Å². The summed E-state index contributed by atoms with van der Waals surface area (Å²) in [7, 11) is 2.25. The van der Waals surface area contributed by atoms with Crippen LogP contribution in [0.1, 0.15) is 32.6 Å². The molecule has 2 aliphatic rings. The molecule has 0 aliphatic carbocycles. The summed E-state index contributed by atoms with van der Waals surface area (Å²) in [5, 5.41) is 3.56. The van der Waals surface area contributed by atoms with Crippen LogP contribution >= 0.6 is 0 Å². The zero-order valence-electron chi connectivity index (χ0n) is 9.63. The maximum Gasteiger partial charge on any atom is 0.00419 e. The molecule has 0 bridgehead atoms. The van der Waals surface area contributed by atoms with Crippen LogP contribution in [-0.4, -0.2) is 37.6 Å². The van der Waals surface area contributed by atoms with E-state index in [-0.39, 0.29) is 0 Å². The monoisotopic (exact) mass is 196 g/mol. The van der Waals surface area contributed by atoms with Crippen LogP contribution in [-0.2, 0) is 0 Å². The number of nitrogens with one attached hydrogen (secondary N) is 1.